The zero-order valence-corrected chi connectivity index (χ0v) is 14.3. The van der Waals surface area contributed by atoms with Gasteiger partial charge in [0.2, 0.25) is 5.91 Å². The number of hydrogen-bond donors (Lipinski definition) is 0. The number of fused-ring (bicyclic) bond motifs is 1. The molecule has 0 fully saturated rings. The number of benzene rings is 2. The van der Waals surface area contributed by atoms with E-state index < -0.39 is 0 Å². The Morgan fingerprint density at radius 3 is 1.78 bits per heavy atom. The van der Waals surface area contributed by atoms with Crippen molar-refractivity contribution in [1.29, 1.82) is 0 Å². The van der Waals surface area contributed by atoms with Crippen molar-refractivity contribution in [3.8, 4) is 0 Å². The predicted octanol–water partition coefficient (Wildman–Crippen LogP) is 3.72. The molecule has 3 aliphatic rings. The number of carbonyl (C=O) groups is 1. The van der Waals surface area contributed by atoms with E-state index >= 15 is 0 Å². The highest BCUT2D eigenvalue weighted by atomic mass is 16.2. The molecule has 2 heteroatoms. The minimum Gasteiger partial charge on any atom is -0.349 e. The summed E-state index contributed by atoms with van der Waals surface area (Å²) in [5.74, 6) is 0.232. The molecule has 0 radical (unpaired) electrons. The van der Waals surface area contributed by atoms with Crippen LogP contribution in [-0.2, 0) is 15.6 Å². The second kappa shape index (κ2) is 4.47. The lowest BCUT2D eigenvalue weighted by Gasteiger charge is -2.57. The van der Waals surface area contributed by atoms with E-state index in [4.69, 9.17) is 0 Å². The smallest absolute Gasteiger partial charge is 0.226 e. The Morgan fingerprint density at radius 1 is 0.913 bits per heavy atom. The van der Waals surface area contributed by atoms with Crippen molar-refractivity contribution in [1.82, 2.24) is 4.90 Å². The topological polar surface area (TPSA) is 20.3 Å². The molecule has 0 spiro atoms. The van der Waals surface area contributed by atoms with E-state index in [2.05, 4.69) is 62.4 Å². The summed E-state index contributed by atoms with van der Waals surface area (Å²) in [6.45, 7) is 4.56. The first-order valence-corrected chi connectivity index (χ1v) is 8.32. The molecule has 0 N–H and O–H groups in total. The third kappa shape index (κ3) is 1.61. The van der Waals surface area contributed by atoms with Crippen molar-refractivity contribution >= 4 is 5.91 Å². The lowest BCUT2D eigenvalue weighted by atomic mass is 9.46. The molecule has 2 aromatic rings. The Labute approximate surface area is 138 Å². The van der Waals surface area contributed by atoms with Gasteiger partial charge in [-0.3, -0.25) is 4.79 Å². The Bertz CT molecular complexity index is 757. The normalized spacial score (nSPS) is 30.5. The maximum atomic E-state index is 13.0. The molecule has 0 saturated carbocycles. The summed E-state index contributed by atoms with van der Waals surface area (Å²) in [6, 6.07) is 17.4. The minimum atomic E-state index is -0.244. The molecule has 23 heavy (non-hydrogen) atoms. The van der Waals surface area contributed by atoms with Crippen molar-refractivity contribution in [2.24, 2.45) is 5.92 Å². The second-order valence-electron chi connectivity index (χ2n) is 7.61. The number of nitrogens with zero attached hydrogens (tertiary/aromatic N) is 1. The van der Waals surface area contributed by atoms with Crippen LogP contribution in [0.2, 0.25) is 0 Å². The predicted molar refractivity (Wildman–Crippen MR) is 92.6 cm³/mol. The molecule has 5 rings (SSSR count). The number of hydrogen-bond acceptors (Lipinski definition) is 1. The van der Waals surface area contributed by atoms with Crippen LogP contribution in [0.5, 0.6) is 0 Å². The van der Waals surface area contributed by atoms with Crippen LogP contribution in [-0.4, -0.2) is 24.9 Å². The first-order valence-electron chi connectivity index (χ1n) is 8.32. The molecule has 2 nitrogen and oxygen atoms in total. The van der Waals surface area contributed by atoms with Gasteiger partial charge in [-0.15, -0.1) is 0 Å². The van der Waals surface area contributed by atoms with Gasteiger partial charge in [-0.1, -0.05) is 62.4 Å². The van der Waals surface area contributed by atoms with Gasteiger partial charge in [0.1, 0.15) is 0 Å². The summed E-state index contributed by atoms with van der Waals surface area (Å²) in [4.78, 5) is 14.7. The van der Waals surface area contributed by atoms with E-state index in [1.54, 1.807) is 4.90 Å². The summed E-state index contributed by atoms with van der Waals surface area (Å²) in [7, 11) is 3.74. The van der Waals surface area contributed by atoms with E-state index in [1.807, 2.05) is 14.1 Å². The van der Waals surface area contributed by atoms with Crippen molar-refractivity contribution in [3.63, 3.8) is 0 Å². The SMILES string of the molecule is CN(C)C(=O)C1CC2(C)c3ccccc3C1(C)c1ccccc12. The maximum absolute atomic E-state index is 13.0. The maximum Gasteiger partial charge on any atom is 0.226 e. The zero-order valence-electron chi connectivity index (χ0n) is 14.3. The van der Waals surface area contributed by atoms with Crippen LogP contribution in [0, 0.1) is 5.92 Å². The number of rotatable bonds is 1. The summed E-state index contributed by atoms with van der Waals surface area (Å²) in [5, 5.41) is 0. The van der Waals surface area contributed by atoms with E-state index in [9.17, 15) is 4.79 Å². The van der Waals surface area contributed by atoms with Crippen LogP contribution in [0.4, 0.5) is 0 Å². The summed E-state index contributed by atoms with van der Waals surface area (Å²) in [6.07, 6.45) is 0.883. The Morgan fingerprint density at radius 2 is 1.35 bits per heavy atom. The molecule has 1 unspecified atom stereocenters. The standard InChI is InChI=1S/C21H23NO/c1-20-13-18(19(23)22(3)4)21(2,16-11-7-5-9-14(16)20)17-12-8-6-10-15(17)20/h5-12,18H,13H2,1-4H3. The highest BCUT2D eigenvalue weighted by molar-refractivity contribution is 5.84. The Hall–Kier alpha value is -2.09. The molecule has 1 amide bonds. The van der Waals surface area contributed by atoms with Gasteiger partial charge < -0.3 is 4.90 Å². The fourth-order valence-electron chi connectivity index (χ4n) is 4.98. The van der Waals surface area contributed by atoms with Gasteiger partial charge >= 0.3 is 0 Å². The van der Waals surface area contributed by atoms with Crippen molar-refractivity contribution in [3.05, 3.63) is 70.8 Å². The average molecular weight is 305 g/mol. The molecule has 118 valence electrons. The van der Waals surface area contributed by atoms with Gasteiger partial charge in [-0.2, -0.15) is 0 Å². The summed E-state index contributed by atoms with van der Waals surface area (Å²) >= 11 is 0. The molecule has 0 heterocycles. The van der Waals surface area contributed by atoms with E-state index in [-0.39, 0.29) is 22.7 Å². The van der Waals surface area contributed by atoms with Crippen LogP contribution in [0.15, 0.2) is 48.5 Å². The third-order valence-electron chi connectivity index (χ3n) is 6.21. The second-order valence-corrected chi connectivity index (χ2v) is 7.61. The molecule has 1 atom stereocenters. The Balaban J connectivity index is 2.07. The van der Waals surface area contributed by atoms with Crippen molar-refractivity contribution in [2.75, 3.05) is 14.1 Å². The molecular formula is C21H23NO. The number of amides is 1. The van der Waals surface area contributed by atoms with Gasteiger partial charge in [-0.05, 0) is 28.7 Å². The highest BCUT2D eigenvalue weighted by Crippen LogP contribution is 2.61. The summed E-state index contributed by atoms with van der Waals surface area (Å²) < 4.78 is 0. The van der Waals surface area contributed by atoms with Crippen molar-refractivity contribution < 1.29 is 4.79 Å². The average Bonchev–Trinajstić information content (AvgIpc) is 2.57. The largest absolute Gasteiger partial charge is 0.349 e. The monoisotopic (exact) mass is 305 g/mol. The third-order valence-corrected chi connectivity index (χ3v) is 6.21. The van der Waals surface area contributed by atoms with E-state index in [1.165, 1.54) is 22.3 Å². The van der Waals surface area contributed by atoms with Crippen LogP contribution in [0.25, 0.3) is 0 Å². The van der Waals surface area contributed by atoms with E-state index in [0.717, 1.165) is 6.42 Å². The van der Waals surface area contributed by atoms with Crippen LogP contribution < -0.4 is 0 Å². The van der Waals surface area contributed by atoms with E-state index in [0.29, 0.717) is 0 Å². The fourth-order valence-corrected chi connectivity index (χ4v) is 4.98. The van der Waals surface area contributed by atoms with Crippen LogP contribution in [0.3, 0.4) is 0 Å². The van der Waals surface area contributed by atoms with Gasteiger partial charge in [0, 0.05) is 24.9 Å². The van der Waals surface area contributed by atoms with Gasteiger partial charge in [-0.25, -0.2) is 0 Å². The zero-order chi connectivity index (χ0) is 16.4. The molecule has 0 saturated heterocycles. The summed E-state index contributed by atoms with van der Waals surface area (Å²) in [5.41, 5.74) is 5.11. The Kier molecular flexibility index (Phi) is 2.82. The van der Waals surface area contributed by atoms with Gasteiger partial charge in [0.15, 0.2) is 0 Å². The quantitative estimate of drug-likeness (QED) is 0.786. The minimum absolute atomic E-state index is 0.00713. The number of carbonyl (C=O) groups excluding carboxylic acids is 1. The molecular weight excluding hydrogens is 282 g/mol. The first-order chi connectivity index (χ1) is 10.9. The van der Waals surface area contributed by atoms with Gasteiger partial charge in [0.25, 0.3) is 0 Å². The molecule has 3 aliphatic carbocycles. The molecule has 2 aromatic carbocycles. The molecule has 0 aliphatic heterocycles. The lowest BCUT2D eigenvalue weighted by Crippen LogP contribution is -2.56. The van der Waals surface area contributed by atoms with Crippen LogP contribution >= 0.6 is 0 Å². The molecule has 0 aromatic heterocycles. The fraction of sp³-hybridized carbons (Fsp3) is 0.381. The van der Waals surface area contributed by atoms with Gasteiger partial charge in [0.05, 0.1) is 5.92 Å². The first kappa shape index (κ1) is 14.5. The molecule has 2 bridgehead atoms. The highest BCUT2D eigenvalue weighted by Gasteiger charge is 2.58. The lowest BCUT2D eigenvalue weighted by molar-refractivity contribution is -0.136. The van der Waals surface area contributed by atoms with Crippen molar-refractivity contribution in [2.45, 2.75) is 31.1 Å². The van der Waals surface area contributed by atoms with Crippen LogP contribution in [0.1, 0.15) is 42.5 Å².